The highest BCUT2D eigenvalue weighted by molar-refractivity contribution is 7.89. The van der Waals surface area contributed by atoms with Crippen molar-refractivity contribution in [3.05, 3.63) is 59.1 Å². The molecule has 0 spiro atoms. The van der Waals surface area contributed by atoms with E-state index in [-0.39, 0.29) is 27.4 Å². The van der Waals surface area contributed by atoms with Crippen molar-refractivity contribution in [3.8, 4) is 0 Å². The lowest BCUT2D eigenvalue weighted by Gasteiger charge is -2.34. The number of nitrogens with two attached hydrogens (primary N) is 1. The molecule has 1 amide bonds. The van der Waals surface area contributed by atoms with Crippen molar-refractivity contribution in [2.75, 3.05) is 11.5 Å². The summed E-state index contributed by atoms with van der Waals surface area (Å²) in [5.41, 5.74) is 0.702. The van der Waals surface area contributed by atoms with Crippen molar-refractivity contribution in [2.24, 2.45) is 5.14 Å². The van der Waals surface area contributed by atoms with Crippen molar-refractivity contribution in [2.45, 2.75) is 43.0 Å². The number of para-hydroxylation sites is 1. The van der Waals surface area contributed by atoms with Gasteiger partial charge in [0.15, 0.2) is 6.61 Å². The maximum absolute atomic E-state index is 13.0. The number of anilines is 1. The molecule has 0 aliphatic heterocycles. The average Bonchev–Trinajstić information content (AvgIpc) is 2.73. The van der Waals surface area contributed by atoms with Crippen LogP contribution in [0.3, 0.4) is 0 Å². The number of benzene rings is 2. The minimum Gasteiger partial charge on any atom is -0.452 e. The predicted molar refractivity (Wildman–Crippen MR) is 114 cm³/mol. The van der Waals surface area contributed by atoms with Crippen LogP contribution in [-0.4, -0.2) is 32.9 Å². The summed E-state index contributed by atoms with van der Waals surface area (Å²) >= 11 is 5.84. The zero-order chi connectivity index (χ0) is 21.7. The fourth-order valence-corrected chi connectivity index (χ4v) is 4.69. The van der Waals surface area contributed by atoms with Gasteiger partial charge >= 0.3 is 5.97 Å². The first kappa shape index (κ1) is 22.3. The van der Waals surface area contributed by atoms with Crippen LogP contribution in [0.2, 0.25) is 5.02 Å². The topological polar surface area (TPSA) is 107 Å². The minimum atomic E-state index is -4.10. The van der Waals surface area contributed by atoms with Gasteiger partial charge in [-0.1, -0.05) is 49.1 Å². The van der Waals surface area contributed by atoms with Gasteiger partial charge in [0, 0.05) is 11.7 Å². The standard InChI is InChI=1S/C21H23ClN2O5S/c22-18-12-11-15(13-19(18)30(23,27)28)21(26)29-14-20(25)24(16-7-3-1-4-8-16)17-9-5-2-6-10-17/h1,3-4,7-8,11-13,17H,2,5-6,9-10,14H2,(H2,23,27,28). The first-order valence-corrected chi connectivity index (χ1v) is 11.6. The molecule has 0 saturated heterocycles. The summed E-state index contributed by atoms with van der Waals surface area (Å²) in [6, 6.07) is 12.9. The number of esters is 1. The molecule has 0 heterocycles. The van der Waals surface area contributed by atoms with Gasteiger partial charge in [-0.3, -0.25) is 4.79 Å². The summed E-state index contributed by atoms with van der Waals surface area (Å²) in [5.74, 6) is -1.16. The number of carbonyl (C=O) groups excluding carboxylic acids is 2. The Labute approximate surface area is 180 Å². The molecule has 1 saturated carbocycles. The van der Waals surface area contributed by atoms with E-state index >= 15 is 0 Å². The zero-order valence-electron chi connectivity index (χ0n) is 16.3. The molecule has 9 heteroatoms. The van der Waals surface area contributed by atoms with Gasteiger partial charge in [0.1, 0.15) is 4.90 Å². The third-order valence-corrected chi connectivity index (χ3v) is 6.44. The lowest BCUT2D eigenvalue weighted by Crippen LogP contribution is -2.43. The molecular formula is C21H23ClN2O5S. The third kappa shape index (κ3) is 5.38. The normalized spacial score (nSPS) is 14.9. The number of primary sulfonamides is 1. The second-order valence-corrected chi connectivity index (χ2v) is 9.09. The van der Waals surface area contributed by atoms with Crippen LogP contribution in [0, 0.1) is 0 Å². The maximum Gasteiger partial charge on any atom is 0.338 e. The number of hydrogen-bond donors (Lipinski definition) is 1. The number of halogens is 1. The molecule has 7 nitrogen and oxygen atoms in total. The Balaban J connectivity index is 1.74. The van der Waals surface area contributed by atoms with Gasteiger partial charge in [0.2, 0.25) is 10.0 Å². The number of hydrogen-bond acceptors (Lipinski definition) is 5. The predicted octanol–water partition coefficient (Wildman–Crippen LogP) is 3.51. The van der Waals surface area contributed by atoms with Crippen molar-refractivity contribution in [3.63, 3.8) is 0 Å². The van der Waals surface area contributed by atoms with E-state index in [1.165, 1.54) is 12.1 Å². The van der Waals surface area contributed by atoms with E-state index in [4.69, 9.17) is 21.5 Å². The smallest absolute Gasteiger partial charge is 0.338 e. The molecule has 30 heavy (non-hydrogen) atoms. The van der Waals surface area contributed by atoms with Gasteiger partial charge in [0.05, 0.1) is 10.6 Å². The Bertz CT molecular complexity index is 1020. The van der Waals surface area contributed by atoms with Gasteiger partial charge in [-0.25, -0.2) is 18.4 Å². The summed E-state index contributed by atoms with van der Waals surface area (Å²) in [6.45, 7) is -0.461. The molecule has 3 rings (SSSR count). The Kier molecular flexibility index (Phi) is 7.12. The minimum absolute atomic E-state index is 0.0527. The number of sulfonamides is 1. The van der Waals surface area contributed by atoms with Crippen LogP contribution in [0.1, 0.15) is 42.5 Å². The molecule has 1 aliphatic carbocycles. The lowest BCUT2D eigenvalue weighted by molar-refractivity contribution is -0.122. The molecule has 0 aromatic heterocycles. The molecule has 1 aliphatic rings. The highest BCUT2D eigenvalue weighted by atomic mass is 35.5. The van der Waals surface area contributed by atoms with Crippen LogP contribution in [0.4, 0.5) is 5.69 Å². The van der Waals surface area contributed by atoms with E-state index in [9.17, 15) is 18.0 Å². The van der Waals surface area contributed by atoms with Crippen molar-refractivity contribution < 1.29 is 22.7 Å². The summed E-state index contributed by atoms with van der Waals surface area (Å²) in [6.07, 6.45) is 5.02. The zero-order valence-corrected chi connectivity index (χ0v) is 17.9. The SMILES string of the molecule is NS(=O)(=O)c1cc(C(=O)OCC(=O)N(c2ccccc2)C2CCCCC2)ccc1Cl. The summed E-state index contributed by atoms with van der Waals surface area (Å²) in [4.78, 5) is 26.7. The van der Waals surface area contributed by atoms with Gasteiger partial charge in [0.25, 0.3) is 5.91 Å². The third-order valence-electron chi connectivity index (χ3n) is 5.04. The van der Waals surface area contributed by atoms with E-state index in [0.717, 1.165) is 43.9 Å². The van der Waals surface area contributed by atoms with Crippen molar-refractivity contribution in [1.82, 2.24) is 0 Å². The van der Waals surface area contributed by atoms with Gasteiger partial charge in [-0.15, -0.1) is 0 Å². The first-order valence-electron chi connectivity index (χ1n) is 9.64. The fraction of sp³-hybridized carbons (Fsp3) is 0.333. The molecule has 0 bridgehead atoms. The van der Waals surface area contributed by atoms with Crippen LogP contribution in [0.25, 0.3) is 0 Å². The molecule has 1 fully saturated rings. The van der Waals surface area contributed by atoms with E-state index in [1.54, 1.807) is 4.90 Å². The molecule has 0 radical (unpaired) electrons. The Morgan fingerprint density at radius 3 is 2.37 bits per heavy atom. The quantitative estimate of drug-likeness (QED) is 0.677. The van der Waals surface area contributed by atoms with Crippen LogP contribution in [-0.2, 0) is 19.6 Å². The first-order chi connectivity index (χ1) is 14.3. The summed E-state index contributed by atoms with van der Waals surface area (Å²) in [5, 5.41) is 5.01. The van der Waals surface area contributed by atoms with Crippen LogP contribution in [0.5, 0.6) is 0 Å². The van der Waals surface area contributed by atoms with E-state index in [2.05, 4.69) is 0 Å². The fourth-order valence-electron chi connectivity index (χ4n) is 3.61. The highest BCUT2D eigenvalue weighted by Gasteiger charge is 2.28. The molecular weight excluding hydrogens is 428 g/mol. The summed E-state index contributed by atoms with van der Waals surface area (Å²) in [7, 11) is -4.10. The van der Waals surface area contributed by atoms with Crippen LogP contribution in [0.15, 0.2) is 53.4 Å². The van der Waals surface area contributed by atoms with Crippen LogP contribution >= 0.6 is 11.6 Å². The number of nitrogens with zero attached hydrogens (tertiary/aromatic N) is 1. The Hall–Kier alpha value is -2.42. The maximum atomic E-state index is 13.0. The van der Waals surface area contributed by atoms with E-state index in [0.29, 0.717) is 0 Å². The Morgan fingerprint density at radius 1 is 1.07 bits per heavy atom. The molecule has 2 aromatic carbocycles. The number of ether oxygens (including phenoxy) is 1. The second kappa shape index (κ2) is 9.59. The van der Waals surface area contributed by atoms with Gasteiger partial charge < -0.3 is 9.64 Å². The van der Waals surface area contributed by atoms with E-state index < -0.39 is 22.6 Å². The molecule has 0 unspecified atom stereocenters. The number of rotatable bonds is 6. The average molecular weight is 451 g/mol. The van der Waals surface area contributed by atoms with Crippen molar-refractivity contribution in [1.29, 1.82) is 0 Å². The van der Waals surface area contributed by atoms with Crippen molar-refractivity contribution >= 4 is 39.2 Å². The number of amides is 1. The largest absolute Gasteiger partial charge is 0.452 e. The highest BCUT2D eigenvalue weighted by Crippen LogP contribution is 2.28. The molecule has 160 valence electrons. The Morgan fingerprint density at radius 2 is 1.73 bits per heavy atom. The van der Waals surface area contributed by atoms with Gasteiger partial charge in [-0.05, 0) is 43.2 Å². The lowest BCUT2D eigenvalue weighted by atomic mass is 9.93. The molecule has 2 N–H and O–H groups in total. The van der Waals surface area contributed by atoms with Crippen LogP contribution < -0.4 is 10.0 Å². The second-order valence-electron chi connectivity index (χ2n) is 7.16. The van der Waals surface area contributed by atoms with Gasteiger partial charge in [-0.2, -0.15) is 0 Å². The monoisotopic (exact) mass is 450 g/mol. The van der Waals surface area contributed by atoms with E-state index in [1.807, 2.05) is 30.3 Å². The number of carbonyl (C=O) groups is 2. The molecule has 2 aromatic rings. The summed E-state index contributed by atoms with van der Waals surface area (Å²) < 4.78 is 28.4. The molecule has 0 atom stereocenters.